The van der Waals surface area contributed by atoms with Crippen LogP contribution in [0.15, 0.2) is 108 Å². The van der Waals surface area contributed by atoms with Crippen molar-refractivity contribution in [3.8, 4) is 0 Å². The number of hydrogen-bond donors (Lipinski definition) is 3. The molecule has 10 heteroatoms. The standard InChI is InChI=1S/C34H40N8O2/c1-2-35-16-17-38-34(44)26-12-13-28-21-40(25-33(42(28)19-26)31-11-4-7-15-37-31)23-29(43)22-39-20-27-9-5-8-18-41(27)32(24-39)30-10-3-6-14-36-30/h3-15,18-19,29,35,37,43H,2,16-17,20-25H2,1H3. The molecule has 6 heterocycles. The molecular weight excluding hydrogens is 552 g/mol. The molecule has 0 radical (unpaired) electrons. The average molecular weight is 593 g/mol. The number of aliphatic hydroxyl groups is 1. The van der Waals surface area contributed by atoms with E-state index in [4.69, 9.17) is 0 Å². The first kappa shape index (κ1) is 29.7. The highest BCUT2D eigenvalue weighted by Crippen LogP contribution is 2.23. The van der Waals surface area contributed by atoms with Crippen molar-refractivity contribution in [2.45, 2.75) is 26.1 Å². The highest BCUT2D eigenvalue weighted by atomic mass is 16.3. The monoisotopic (exact) mass is 592 g/mol. The first-order chi connectivity index (χ1) is 21.6. The van der Waals surface area contributed by atoms with E-state index >= 15 is 0 Å². The quantitative estimate of drug-likeness (QED) is 0.175. The molecule has 0 fully saturated rings. The van der Waals surface area contributed by atoms with Crippen molar-refractivity contribution in [2.75, 3.05) is 45.8 Å². The van der Waals surface area contributed by atoms with Gasteiger partial charge >= 0.3 is 0 Å². The van der Waals surface area contributed by atoms with Crippen LogP contribution in [0.5, 0.6) is 0 Å². The fourth-order valence-electron chi connectivity index (χ4n) is 6.00. The van der Waals surface area contributed by atoms with E-state index in [0.717, 1.165) is 41.6 Å². The van der Waals surface area contributed by atoms with Crippen molar-refractivity contribution in [2.24, 2.45) is 4.99 Å². The van der Waals surface area contributed by atoms with Crippen LogP contribution in [0.25, 0.3) is 16.7 Å². The Morgan fingerprint density at radius 1 is 1.00 bits per heavy atom. The Bertz CT molecular complexity index is 1590. The Morgan fingerprint density at radius 3 is 2.55 bits per heavy atom. The van der Waals surface area contributed by atoms with Crippen molar-refractivity contribution in [3.63, 3.8) is 0 Å². The van der Waals surface area contributed by atoms with Crippen LogP contribution >= 0.6 is 0 Å². The highest BCUT2D eigenvalue weighted by Gasteiger charge is 2.33. The molecule has 3 N–H and O–H groups in total. The Kier molecular flexibility index (Phi) is 9.43. The van der Waals surface area contributed by atoms with Crippen LogP contribution in [0.3, 0.4) is 0 Å². The lowest BCUT2D eigenvalue weighted by Crippen LogP contribution is -2.54. The molecule has 0 spiro atoms. The van der Waals surface area contributed by atoms with Crippen LogP contribution < -0.4 is 24.9 Å². The molecule has 44 heavy (non-hydrogen) atoms. The number of hydrogen-bond acceptors (Lipinski definition) is 7. The van der Waals surface area contributed by atoms with Crippen LogP contribution in [0.2, 0.25) is 0 Å². The van der Waals surface area contributed by atoms with Gasteiger partial charge in [0.05, 0.1) is 38.8 Å². The first-order valence-electron chi connectivity index (χ1n) is 15.3. The minimum Gasteiger partial charge on any atom is -0.858 e. The number of pyridine rings is 2. The summed E-state index contributed by atoms with van der Waals surface area (Å²) in [5, 5.41) is 35.4. The van der Waals surface area contributed by atoms with Crippen LogP contribution in [0.1, 0.15) is 23.9 Å². The van der Waals surface area contributed by atoms with Gasteiger partial charge in [-0.2, -0.15) is 15.3 Å². The molecule has 4 aliphatic heterocycles. The number of aromatic nitrogens is 2. The van der Waals surface area contributed by atoms with Crippen LogP contribution in [0, 0.1) is 0 Å². The van der Waals surface area contributed by atoms with Crippen molar-refractivity contribution in [3.05, 3.63) is 125 Å². The second kappa shape index (κ2) is 14.0. The number of allylic oxidation sites excluding steroid dienone is 6. The number of aliphatic imine (C=N–C) groups is 1. The van der Waals surface area contributed by atoms with Gasteiger partial charge in [-0.3, -0.25) is 14.8 Å². The summed E-state index contributed by atoms with van der Waals surface area (Å²) < 4.78 is 4.32. The maximum Gasteiger partial charge on any atom is 0.224 e. The van der Waals surface area contributed by atoms with E-state index in [2.05, 4.69) is 58.2 Å². The number of dihydropyridines is 1. The molecule has 4 aliphatic rings. The largest absolute Gasteiger partial charge is 0.858 e. The summed E-state index contributed by atoms with van der Waals surface area (Å²) >= 11 is 0. The molecule has 0 saturated carbocycles. The third-order valence-corrected chi connectivity index (χ3v) is 8.04. The van der Waals surface area contributed by atoms with Crippen LogP contribution in [-0.4, -0.2) is 72.7 Å². The number of aliphatic hydroxyl groups excluding tert-OH is 1. The molecule has 0 aromatic carbocycles. The zero-order chi connectivity index (χ0) is 30.3. The minimum atomic E-state index is -0.556. The van der Waals surface area contributed by atoms with Gasteiger partial charge in [0, 0.05) is 49.6 Å². The molecule has 0 saturated heterocycles. The first-order valence-corrected chi connectivity index (χ1v) is 15.3. The number of nitrogens with one attached hydrogen (secondary N) is 2. The van der Waals surface area contributed by atoms with E-state index in [0.29, 0.717) is 51.4 Å². The maximum absolute atomic E-state index is 12.8. The van der Waals surface area contributed by atoms with Gasteiger partial charge in [-0.25, -0.2) is 0 Å². The molecule has 0 bridgehead atoms. The van der Waals surface area contributed by atoms with E-state index in [1.807, 2.05) is 80.2 Å². The summed E-state index contributed by atoms with van der Waals surface area (Å²) in [6, 6.07) is 10.1. The fourth-order valence-corrected chi connectivity index (χ4v) is 6.00. The van der Waals surface area contributed by atoms with Gasteiger partial charge < -0.3 is 26.2 Å². The van der Waals surface area contributed by atoms with E-state index in [9.17, 15) is 10.2 Å². The summed E-state index contributed by atoms with van der Waals surface area (Å²) in [4.78, 5) is 8.81. The van der Waals surface area contributed by atoms with Crippen molar-refractivity contribution >= 4 is 17.3 Å². The average Bonchev–Trinajstić information content (AvgIpc) is 3.06. The summed E-state index contributed by atoms with van der Waals surface area (Å²) in [5.74, 6) is -0.212. The molecule has 1 atom stereocenters. The summed E-state index contributed by atoms with van der Waals surface area (Å²) in [6.07, 6.45) is 19.1. The summed E-state index contributed by atoms with van der Waals surface area (Å²) in [5.41, 5.74) is 6.82. The van der Waals surface area contributed by atoms with E-state index in [1.165, 1.54) is 5.69 Å². The van der Waals surface area contributed by atoms with Gasteiger partial charge in [0.2, 0.25) is 17.1 Å². The van der Waals surface area contributed by atoms with Crippen LogP contribution in [0.4, 0.5) is 0 Å². The zero-order valence-electron chi connectivity index (χ0n) is 25.1. The molecule has 1 unspecified atom stereocenters. The van der Waals surface area contributed by atoms with Crippen molar-refractivity contribution < 1.29 is 19.3 Å². The smallest absolute Gasteiger partial charge is 0.224 e. The SMILES string of the molecule is CCNCCN=C([O-])c1ccc2[n+](c1)C(=C1C=CC=CN1)CN(CC(O)CN1CC(=C3C=CC=C[N-]3)[n+]3ccccc3C1)C2. The van der Waals surface area contributed by atoms with Crippen molar-refractivity contribution in [1.29, 1.82) is 0 Å². The molecule has 2 aromatic heterocycles. The van der Waals surface area contributed by atoms with Crippen LogP contribution in [-0.2, 0) is 13.1 Å². The number of fused-ring (bicyclic) bond motifs is 2. The normalized spacial score (nSPS) is 22.4. The van der Waals surface area contributed by atoms with Gasteiger partial charge in [-0.05, 0) is 30.7 Å². The van der Waals surface area contributed by atoms with Crippen molar-refractivity contribution in [1.82, 2.24) is 20.4 Å². The Hall–Kier alpha value is -4.35. The maximum atomic E-state index is 12.8. The molecule has 2 aromatic rings. The highest BCUT2D eigenvalue weighted by molar-refractivity contribution is 5.90. The zero-order valence-corrected chi connectivity index (χ0v) is 25.1. The second-order valence-corrected chi connectivity index (χ2v) is 11.3. The number of likely N-dealkylation sites (N-methyl/N-ethyl adjacent to an activating group) is 1. The van der Waals surface area contributed by atoms with E-state index < -0.39 is 6.10 Å². The molecule has 0 amide bonds. The Morgan fingerprint density at radius 2 is 1.80 bits per heavy atom. The fraction of sp³-hybridized carbons (Fsp3) is 0.324. The van der Waals surface area contributed by atoms with Gasteiger partial charge in [-0.1, -0.05) is 43.0 Å². The van der Waals surface area contributed by atoms with E-state index in [1.54, 1.807) is 0 Å². The number of rotatable bonds is 9. The van der Waals surface area contributed by atoms with Gasteiger partial charge in [0.25, 0.3) is 0 Å². The summed E-state index contributed by atoms with van der Waals surface area (Å²) in [7, 11) is 0. The Balaban J connectivity index is 1.19. The minimum absolute atomic E-state index is 0.212. The summed E-state index contributed by atoms with van der Waals surface area (Å²) in [6.45, 7) is 7.79. The molecular formula is C34H40N8O2. The number of β-amino-alcohol motifs (C(OH)–C–C–N with tert-alkyl or cyclic N) is 1. The lowest BCUT2D eigenvalue weighted by Gasteiger charge is -2.33. The third kappa shape index (κ3) is 6.89. The van der Waals surface area contributed by atoms with Gasteiger partial charge in [0.15, 0.2) is 18.1 Å². The molecule has 228 valence electrons. The predicted molar refractivity (Wildman–Crippen MR) is 169 cm³/mol. The van der Waals surface area contributed by atoms with E-state index in [-0.39, 0.29) is 5.90 Å². The lowest BCUT2D eigenvalue weighted by molar-refractivity contribution is -0.600. The predicted octanol–water partition coefficient (Wildman–Crippen LogP) is 1.14. The second-order valence-electron chi connectivity index (χ2n) is 11.3. The van der Waals surface area contributed by atoms with Gasteiger partial charge in [0.1, 0.15) is 5.70 Å². The topological polar surface area (TPSA) is 108 Å². The molecule has 6 rings (SSSR count). The number of nitrogens with zero attached hydrogens (tertiary/aromatic N) is 6. The Labute approximate surface area is 259 Å². The molecule has 0 aliphatic carbocycles. The van der Waals surface area contributed by atoms with Gasteiger partial charge in [-0.15, -0.1) is 0 Å². The molecule has 10 nitrogen and oxygen atoms in total. The lowest BCUT2D eigenvalue weighted by atomic mass is 10.1. The third-order valence-electron chi connectivity index (χ3n) is 8.04.